The van der Waals surface area contributed by atoms with Crippen molar-refractivity contribution < 1.29 is 5.11 Å². The molecule has 0 aliphatic heterocycles. The third kappa shape index (κ3) is 3.10. The molecule has 0 saturated heterocycles. The summed E-state index contributed by atoms with van der Waals surface area (Å²) in [5, 5.41) is 21.6. The summed E-state index contributed by atoms with van der Waals surface area (Å²) in [6.07, 6.45) is 0.577. The van der Waals surface area contributed by atoms with E-state index in [1.54, 1.807) is 7.05 Å². The highest BCUT2D eigenvalue weighted by atomic mass is 16.3. The van der Waals surface area contributed by atoms with Crippen molar-refractivity contribution in [1.82, 2.24) is 20.2 Å². The first-order chi connectivity index (χ1) is 8.15. The van der Waals surface area contributed by atoms with E-state index in [1.807, 2.05) is 31.2 Å². The van der Waals surface area contributed by atoms with Crippen molar-refractivity contribution in [1.29, 1.82) is 0 Å². The fourth-order valence-electron chi connectivity index (χ4n) is 1.78. The number of hydrogen-bond acceptors (Lipinski definition) is 4. The van der Waals surface area contributed by atoms with Gasteiger partial charge in [-0.2, -0.15) is 4.80 Å². The molecular formula is C12H16N4O. The van der Waals surface area contributed by atoms with Crippen LogP contribution in [0, 0.1) is 6.92 Å². The van der Waals surface area contributed by atoms with E-state index in [2.05, 4.69) is 15.4 Å². The number of aliphatic hydroxyl groups is 1. The van der Waals surface area contributed by atoms with Gasteiger partial charge in [-0.05, 0) is 29.7 Å². The normalized spacial score (nSPS) is 12.6. The van der Waals surface area contributed by atoms with E-state index in [-0.39, 0.29) is 0 Å². The molecule has 0 aliphatic rings. The van der Waals surface area contributed by atoms with Crippen LogP contribution in [0.5, 0.6) is 0 Å². The van der Waals surface area contributed by atoms with Gasteiger partial charge in [-0.25, -0.2) is 0 Å². The summed E-state index contributed by atoms with van der Waals surface area (Å²) in [6.45, 7) is 2.04. The van der Waals surface area contributed by atoms with Crippen LogP contribution in [0.4, 0.5) is 0 Å². The highest BCUT2D eigenvalue weighted by Gasteiger charge is 2.11. The molecule has 0 radical (unpaired) electrons. The zero-order valence-corrected chi connectivity index (χ0v) is 10.0. The van der Waals surface area contributed by atoms with Crippen LogP contribution in [-0.2, 0) is 19.9 Å². The zero-order valence-electron chi connectivity index (χ0n) is 10.0. The molecule has 1 aromatic heterocycles. The van der Waals surface area contributed by atoms with Gasteiger partial charge >= 0.3 is 0 Å². The molecule has 0 aliphatic carbocycles. The van der Waals surface area contributed by atoms with Crippen LogP contribution >= 0.6 is 0 Å². The quantitative estimate of drug-likeness (QED) is 0.841. The van der Waals surface area contributed by atoms with Crippen molar-refractivity contribution in [2.24, 2.45) is 7.05 Å². The van der Waals surface area contributed by atoms with E-state index in [0.717, 1.165) is 5.56 Å². The average Bonchev–Trinajstić information content (AvgIpc) is 2.67. The molecule has 17 heavy (non-hydrogen) atoms. The smallest absolute Gasteiger partial charge is 0.177 e. The lowest BCUT2D eigenvalue weighted by atomic mass is 10.0. The summed E-state index contributed by atoms with van der Waals surface area (Å²) in [6, 6.07) is 8.05. The van der Waals surface area contributed by atoms with Crippen molar-refractivity contribution in [2.45, 2.75) is 25.9 Å². The van der Waals surface area contributed by atoms with Crippen LogP contribution in [0.25, 0.3) is 0 Å². The van der Waals surface area contributed by atoms with Crippen LogP contribution in [-0.4, -0.2) is 31.4 Å². The SMILES string of the molecule is Cc1ccccc1CC(O)Cc1nnn(C)n1. The molecule has 1 unspecified atom stereocenters. The van der Waals surface area contributed by atoms with Gasteiger partial charge in [0, 0.05) is 6.42 Å². The van der Waals surface area contributed by atoms with Crippen LogP contribution in [0.15, 0.2) is 24.3 Å². The Hall–Kier alpha value is -1.75. The molecule has 90 valence electrons. The number of aromatic nitrogens is 4. The lowest BCUT2D eigenvalue weighted by Gasteiger charge is -2.10. The minimum atomic E-state index is -0.472. The Morgan fingerprint density at radius 3 is 2.71 bits per heavy atom. The lowest BCUT2D eigenvalue weighted by Crippen LogP contribution is -2.15. The summed E-state index contributed by atoms with van der Waals surface area (Å²) in [4.78, 5) is 1.40. The standard InChI is InChI=1S/C12H16N4O/c1-9-5-3-4-6-10(9)7-11(17)8-12-13-15-16(2)14-12/h3-6,11,17H,7-8H2,1-2H3. The van der Waals surface area contributed by atoms with E-state index in [4.69, 9.17) is 0 Å². The van der Waals surface area contributed by atoms with Crippen molar-refractivity contribution in [2.75, 3.05) is 0 Å². The number of tetrazole rings is 1. The van der Waals surface area contributed by atoms with Gasteiger partial charge in [-0.15, -0.1) is 10.2 Å². The minimum Gasteiger partial charge on any atom is -0.392 e. The number of nitrogens with zero attached hydrogens (tertiary/aromatic N) is 4. The summed E-state index contributed by atoms with van der Waals surface area (Å²) in [7, 11) is 1.71. The van der Waals surface area contributed by atoms with Gasteiger partial charge < -0.3 is 5.11 Å². The van der Waals surface area contributed by atoms with Gasteiger partial charge in [0.05, 0.1) is 13.2 Å². The van der Waals surface area contributed by atoms with E-state index in [9.17, 15) is 5.11 Å². The van der Waals surface area contributed by atoms with Crippen molar-refractivity contribution in [3.8, 4) is 0 Å². The maximum atomic E-state index is 9.97. The topological polar surface area (TPSA) is 63.8 Å². The van der Waals surface area contributed by atoms with E-state index in [0.29, 0.717) is 18.7 Å². The molecule has 2 aromatic rings. The number of aryl methyl sites for hydroxylation is 2. The molecule has 0 spiro atoms. The van der Waals surface area contributed by atoms with Crippen LogP contribution in [0.2, 0.25) is 0 Å². The Labute approximate surface area is 100 Å². The molecule has 5 heteroatoms. The molecule has 1 atom stereocenters. The summed E-state index contributed by atoms with van der Waals surface area (Å²) in [5.41, 5.74) is 2.35. The molecule has 0 saturated carbocycles. The maximum Gasteiger partial charge on any atom is 0.177 e. The fourth-order valence-corrected chi connectivity index (χ4v) is 1.78. The summed E-state index contributed by atoms with van der Waals surface area (Å²) < 4.78 is 0. The first kappa shape index (κ1) is 11.7. The summed E-state index contributed by atoms with van der Waals surface area (Å²) >= 11 is 0. The third-order valence-electron chi connectivity index (χ3n) is 2.68. The zero-order chi connectivity index (χ0) is 12.3. The van der Waals surface area contributed by atoms with Gasteiger partial charge in [0.2, 0.25) is 0 Å². The second-order valence-electron chi connectivity index (χ2n) is 4.18. The second kappa shape index (κ2) is 5.05. The third-order valence-corrected chi connectivity index (χ3v) is 2.68. The highest BCUT2D eigenvalue weighted by molar-refractivity contribution is 5.26. The molecule has 2 rings (SSSR count). The van der Waals surface area contributed by atoms with E-state index >= 15 is 0 Å². The van der Waals surface area contributed by atoms with Crippen molar-refractivity contribution in [3.05, 3.63) is 41.2 Å². The fraction of sp³-hybridized carbons (Fsp3) is 0.417. The van der Waals surface area contributed by atoms with Gasteiger partial charge in [-0.3, -0.25) is 0 Å². The van der Waals surface area contributed by atoms with Gasteiger partial charge in [-0.1, -0.05) is 24.3 Å². The van der Waals surface area contributed by atoms with Gasteiger partial charge in [0.25, 0.3) is 0 Å². The molecule has 0 amide bonds. The Morgan fingerprint density at radius 2 is 2.06 bits per heavy atom. The van der Waals surface area contributed by atoms with Crippen LogP contribution in [0.1, 0.15) is 17.0 Å². The van der Waals surface area contributed by atoms with Crippen molar-refractivity contribution in [3.63, 3.8) is 0 Å². The molecule has 1 N–H and O–H groups in total. The number of rotatable bonds is 4. The summed E-state index contributed by atoms with van der Waals surface area (Å²) in [5.74, 6) is 0.577. The van der Waals surface area contributed by atoms with E-state index < -0.39 is 6.10 Å². The van der Waals surface area contributed by atoms with Gasteiger partial charge in [0.1, 0.15) is 0 Å². The predicted molar refractivity (Wildman–Crippen MR) is 63.4 cm³/mol. The van der Waals surface area contributed by atoms with Gasteiger partial charge in [0.15, 0.2) is 5.82 Å². The number of benzene rings is 1. The minimum absolute atomic E-state index is 0.433. The molecule has 1 aromatic carbocycles. The Morgan fingerprint density at radius 1 is 1.29 bits per heavy atom. The molecule has 5 nitrogen and oxygen atoms in total. The van der Waals surface area contributed by atoms with Crippen LogP contribution in [0.3, 0.4) is 0 Å². The largest absolute Gasteiger partial charge is 0.392 e. The average molecular weight is 232 g/mol. The molecule has 0 bridgehead atoms. The molecule has 1 heterocycles. The molecular weight excluding hydrogens is 216 g/mol. The number of aliphatic hydroxyl groups excluding tert-OH is 1. The van der Waals surface area contributed by atoms with E-state index in [1.165, 1.54) is 10.4 Å². The Bertz CT molecular complexity index is 495. The Kier molecular flexibility index (Phi) is 3.49. The first-order valence-corrected chi connectivity index (χ1v) is 5.60. The highest BCUT2D eigenvalue weighted by Crippen LogP contribution is 2.11. The Balaban J connectivity index is 1.98. The maximum absolute atomic E-state index is 9.97. The number of hydrogen-bond donors (Lipinski definition) is 1. The monoisotopic (exact) mass is 232 g/mol. The second-order valence-corrected chi connectivity index (χ2v) is 4.18. The first-order valence-electron chi connectivity index (χ1n) is 5.60. The lowest BCUT2D eigenvalue weighted by molar-refractivity contribution is 0.172. The van der Waals surface area contributed by atoms with Crippen molar-refractivity contribution >= 4 is 0 Å². The predicted octanol–water partition coefficient (Wildman–Crippen LogP) is 0.665. The van der Waals surface area contributed by atoms with Crippen LogP contribution < -0.4 is 0 Å². The molecule has 0 fully saturated rings.